The minimum Gasteiger partial charge on any atom is -0.367 e. The number of nitrogens with one attached hydrogen (secondary N) is 1. The molecule has 0 bridgehead atoms. The van der Waals surface area contributed by atoms with Crippen molar-refractivity contribution < 1.29 is 24.3 Å². The van der Waals surface area contributed by atoms with Gasteiger partial charge in [-0.25, -0.2) is 18.4 Å². The number of fused-ring (bicyclic) bond motifs is 2. The molecule has 0 amide bonds. The van der Waals surface area contributed by atoms with Crippen LogP contribution in [0.3, 0.4) is 0 Å². The largest absolute Gasteiger partial charge is 0.393 e. The summed E-state index contributed by atoms with van der Waals surface area (Å²) in [7, 11) is -3.41. The zero-order valence-corrected chi connectivity index (χ0v) is 29.9. The summed E-state index contributed by atoms with van der Waals surface area (Å²) in [6.07, 6.45) is -1.06. The zero-order valence-electron chi connectivity index (χ0n) is 30.3. The summed E-state index contributed by atoms with van der Waals surface area (Å²) in [6, 6.07) is 8.19. The van der Waals surface area contributed by atoms with Crippen LogP contribution < -0.4 is 5.32 Å². The monoisotopic (exact) mass is 718 g/mol. The van der Waals surface area contributed by atoms with Crippen LogP contribution in [0.4, 0.5) is 19.0 Å². The molecule has 5 heterocycles. The van der Waals surface area contributed by atoms with Gasteiger partial charge in [-0.2, -0.15) is 22.7 Å². The van der Waals surface area contributed by atoms with E-state index in [4.69, 9.17) is 0 Å². The first-order valence-corrected chi connectivity index (χ1v) is 19.1. The molecule has 6 rings (SSSR count). The van der Waals surface area contributed by atoms with Crippen molar-refractivity contribution in [3.8, 4) is 6.07 Å². The van der Waals surface area contributed by atoms with Gasteiger partial charge in [0, 0.05) is 79.2 Å². The van der Waals surface area contributed by atoms with Gasteiger partial charge in [0.25, 0.3) is 0 Å². The normalized spacial score (nSPS) is 22.3. The second-order valence-corrected chi connectivity index (χ2v) is 16.5. The SMILES string of the molecule is [2H]C([2H])(C(C)N1C[C@@H](C)N(S(C)(=O)=O)[C@H](C)C1)n1c(C#N)cc2c(C)c(CN3CCC(Nc4ncnc5sc(CC(F)(F)F)cc45)CC3)ccc21. The average Bonchev–Trinajstić information content (AvgIpc) is 3.63. The number of benzene rings is 1. The highest BCUT2D eigenvalue weighted by Gasteiger charge is 2.37. The van der Waals surface area contributed by atoms with Crippen molar-refractivity contribution in [1.82, 2.24) is 28.6 Å². The molecule has 0 spiro atoms. The van der Waals surface area contributed by atoms with Gasteiger partial charge in [0.15, 0.2) is 0 Å². The van der Waals surface area contributed by atoms with Gasteiger partial charge >= 0.3 is 6.18 Å². The third kappa shape index (κ3) is 7.73. The molecule has 1 unspecified atom stereocenters. The molecular formula is C34H43F3N8O2S2. The van der Waals surface area contributed by atoms with Gasteiger partial charge in [-0.1, -0.05) is 6.07 Å². The Labute approximate surface area is 292 Å². The number of nitriles is 1. The van der Waals surface area contributed by atoms with Crippen LogP contribution in [-0.2, 0) is 29.5 Å². The van der Waals surface area contributed by atoms with E-state index in [0.717, 1.165) is 53.8 Å². The van der Waals surface area contributed by atoms with E-state index in [9.17, 15) is 29.6 Å². The minimum absolute atomic E-state index is 0.102. The fraction of sp³-hybridized carbons (Fsp3) is 0.559. The number of thiophene rings is 1. The third-order valence-corrected chi connectivity index (χ3v) is 12.2. The average molecular weight is 719 g/mol. The minimum atomic E-state index is -4.29. The molecule has 1 N–H and O–H groups in total. The van der Waals surface area contributed by atoms with Crippen molar-refractivity contribution in [3.05, 3.63) is 52.3 Å². The zero-order chi connectivity index (χ0) is 37.0. The maximum atomic E-state index is 13.0. The van der Waals surface area contributed by atoms with Crippen LogP contribution in [0.5, 0.6) is 0 Å². The number of aryl methyl sites for hydroxylation is 1. The summed E-state index contributed by atoms with van der Waals surface area (Å²) < 4.78 is 85.3. The van der Waals surface area contributed by atoms with Gasteiger partial charge < -0.3 is 9.88 Å². The first-order valence-electron chi connectivity index (χ1n) is 17.4. The Bertz CT molecular complexity index is 2060. The Morgan fingerprint density at radius 2 is 1.84 bits per heavy atom. The lowest BCUT2D eigenvalue weighted by atomic mass is 10.0. The predicted molar refractivity (Wildman–Crippen MR) is 187 cm³/mol. The number of hydrogen-bond donors (Lipinski definition) is 1. The van der Waals surface area contributed by atoms with Crippen molar-refractivity contribution in [2.24, 2.45) is 0 Å². The van der Waals surface area contributed by atoms with Crippen LogP contribution in [0.2, 0.25) is 0 Å². The first-order chi connectivity index (χ1) is 23.9. The van der Waals surface area contributed by atoms with Crippen LogP contribution >= 0.6 is 11.3 Å². The van der Waals surface area contributed by atoms with E-state index in [1.807, 2.05) is 37.8 Å². The standard InChI is InChI=1S/C34H43F3N8O2S2/c1-21(43-16-22(2)45(23(3)17-43)49(5,46)47)18-44-27(15-38)12-29-24(4)25(6-7-31(29)44)19-42-10-8-26(9-11-42)41-32-30-13-28(14-34(35,36)37)48-33(30)40-20-39-32/h6-7,12-13,20-23,26H,8-11,14,16-19H2,1-5H3,(H,39,40,41)/t21?,22-,23-/m1/s1/i18D2. The summed E-state index contributed by atoms with van der Waals surface area (Å²) in [5.41, 5.74) is 2.91. The second-order valence-electron chi connectivity index (χ2n) is 13.4. The molecule has 3 atom stereocenters. The molecule has 2 saturated heterocycles. The van der Waals surface area contributed by atoms with E-state index in [1.165, 1.54) is 27.5 Å². The third-order valence-electron chi connectivity index (χ3n) is 9.67. The number of sulfonamides is 1. The Balaban J connectivity index is 1.14. The van der Waals surface area contributed by atoms with Gasteiger partial charge in [-0.15, -0.1) is 11.3 Å². The number of likely N-dealkylation sites (tertiary alicyclic amines) is 1. The smallest absolute Gasteiger partial charge is 0.367 e. The van der Waals surface area contributed by atoms with Crippen molar-refractivity contribution in [2.75, 3.05) is 37.8 Å². The first kappa shape index (κ1) is 32.9. The number of halogens is 3. The number of hydrogen-bond acceptors (Lipinski definition) is 9. The number of rotatable bonds is 9. The number of nitrogens with zero attached hydrogens (tertiary/aromatic N) is 7. The Hall–Kier alpha value is -3.29. The summed E-state index contributed by atoms with van der Waals surface area (Å²) in [5, 5.41) is 15.0. The van der Waals surface area contributed by atoms with Crippen molar-refractivity contribution in [2.45, 2.75) is 90.3 Å². The van der Waals surface area contributed by atoms with Crippen LogP contribution in [0.25, 0.3) is 21.1 Å². The number of anilines is 1. The Kier molecular flexibility index (Phi) is 9.25. The lowest BCUT2D eigenvalue weighted by Gasteiger charge is -2.45. The molecule has 1 aromatic carbocycles. The molecule has 49 heavy (non-hydrogen) atoms. The fourth-order valence-electron chi connectivity index (χ4n) is 7.42. The Morgan fingerprint density at radius 1 is 1.14 bits per heavy atom. The molecule has 2 aliphatic heterocycles. The summed E-state index contributed by atoms with van der Waals surface area (Å²) in [6.45, 7) is 8.49. The number of alkyl halides is 3. The fourth-order valence-corrected chi connectivity index (χ4v) is 9.89. The molecule has 0 radical (unpaired) electrons. The molecule has 4 aromatic rings. The van der Waals surface area contributed by atoms with E-state index >= 15 is 0 Å². The maximum Gasteiger partial charge on any atom is 0.393 e. The van der Waals surface area contributed by atoms with Crippen LogP contribution in [0.15, 0.2) is 30.6 Å². The van der Waals surface area contributed by atoms with Gasteiger partial charge in [0.1, 0.15) is 28.7 Å². The van der Waals surface area contributed by atoms with Crippen molar-refractivity contribution in [1.29, 1.82) is 5.26 Å². The highest BCUT2D eigenvalue weighted by molar-refractivity contribution is 7.88. The quantitative estimate of drug-likeness (QED) is 0.233. The van der Waals surface area contributed by atoms with Crippen LogP contribution in [-0.4, -0.2) is 99.8 Å². The van der Waals surface area contributed by atoms with E-state index in [0.29, 0.717) is 41.2 Å². The molecule has 0 saturated carbocycles. The van der Waals surface area contributed by atoms with Gasteiger partial charge in [-0.3, -0.25) is 9.80 Å². The van der Waals surface area contributed by atoms with Gasteiger partial charge in [0.05, 0.1) is 20.8 Å². The second kappa shape index (κ2) is 13.8. The number of piperazine rings is 1. The lowest BCUT2D eigenvalue weighted by molar-refractivity contribution is -0.126. The summed E-state index contributed by atoms with van der Waals surface area (Å²) in [4.78, 5) is 13.6. The molecule has 264 valence electrons. The maximum absolute atomic E-state index is 13.0. The van der Waals surface area contributed by atoms with Crippen LogP contribution in [0.1, 0.15) is 58.1 Å². The van der Waals surface area contributed by atoms with Gasteiger partial charge in [0.2, 0.25) is 10.0 Å². The summed E-state index contributed by atoms with van der Waals surface area (Å²) in [5.74, 6) is 0.552. The highest BCUT2D eigenvalue weighted by Crippen LogP contribution is 2.34. The molecule has 3 aromatic heterocycles. The Morgan fingerprint density at radius 3 is 2.47 bits per heavy atom. The molecule has 2 fully saturated rings. The van der Waals surface area contributed by atoms with Crippen molar-refractivity contribution >= 4 is 48.3 Å². The van der Waals surface area contributed by atoms with E-state index in [2.05, 4.69) is 26.3 Å². The molecular weight excluding hydrogens is 674 g/mol. The highest BCUT2D eigenvalue weighted by atomic mass is 32.2. The predicted octanol–water partition coefficient (Wildman–Crippen LogP) is 5.75. The van der Waals surface area contributed by atoms with Gasteiger partial charge in [-0.05, 0) is 69.9 Å². The van der Waals surface area contributed by atoms with Crippen molar-refractivity contribution in [3.63, 3.8) is 0 Å². The molecule has 15 heteroatoms. The molecule has 0 aliphatic carbocycles. The molecule has 10 nitrogen and oxygen atoms in total. The molecule has 2 aliphatic rings. The van der Waals surface area contributed by atoms with E-state index in [-0.39, 0.29) is 28.7 Å². The topological polar surface area (TPSA) is 110 Å². The van der Waals surface area contributed by atoms with Crippen LogP contribution in [0, 0.1) is 18.3 Å². The van der Waals surface area contributed by atoms with E-state index < -0.39 is 35.2 Å². The van der Waals surface area contributed by atoms with E-state index in [1.54, 1.807) is 13.0 Å². The number of piperidine rings is 1. The number of aromatic nitrogens is 3. The summed E-state index contributed by atoms with van der Waals surface area (Å²) >= 11 is 1.04. The lowest BCUT2D eigenvalue weighted by Crippen LogP contribution is -2.60.